The molecule has 92 valence electrons. The minimum atomic E-state index is -0.163. The Morgan fingerprint density at radius 1 is 1.31 bits per heavy atom. The molecule has 2 fully saturated rings. The number of carbonyl (C=O) groups excluding carboxylic acids is 1. The number of hydrogen-bond acceptors (Lipinski definition) is 3. The van der Waals surface area contributed by atoms with Crippen molar-refractivity contribution in [2.75, 3.05) is 26.3 Å². The minimum absolute atomic E-state index is 0.163. The van der Waals surface area contributed by atoms with Crippen LogP contribution in [0.1, 0.15) is 32.6 Å². The van der Waals surface area contributed by atoms with Gasteiger partial charge in [-0.2, -0.15) is 0 Å². The molecule has 16 heavy (non-hydrogen) atoms. The number of nitrogens with one attached hydrogen (secondary N) is 2. The van der Waals surface area contributed by atoms with Crippen molar-refractivity contribution in [3.63, 3.8) is 0 Å². The molecule has 2 heterocycles. The van der Waals surface area contributed by atoms with Crippen LogP contribution < -0.4 is 10.6 Å². The highest BCUT2D eigenvalue weighted by molar-refractivity contribution is 5.82. The Morgan fingerprint density at radius 3 is 2.56 bits per heavy atom. The van der Waals surface area contributed by atoms with Gasteiger partial charge < -0.3 is 15.4 Å². The molecular formula is C12H22N2O2. The molecule has 0 radical (unpaired) electrons. The predicted octanol–water partition coefficient (Wildman–Crippen LogP) is 0.671. The van der Waals surface area contributed by atoms with Crippen LogP contribution in [0.15, 0.2) is 0 Å². The molecule has 1 amide bonds. The molecule has 2 N–H and O–H groups in total. The van der Waals surface area contributed by atoms with Gasteiger partial charge in [-0.3, -0.25) is 4.79 Å². The lowest BCUT2D eigenvalue weighted by Crippen LogP contribution is -2.49. The highest BCUT2D eigenvalue weighted by atomic mass is 16.5. The second kappa shape index (κ2) is 5.15. The van der Waals surface area contributed by atoms with Crippen molar-refractivity contribution in [2.24, 2.45) is 5.41 Å². The predicted molar refractivity (Wildman–Crippen MR) is 62.2 cm³/mol. The van der Waals surface area contributed by atoms with Crippen LogP contribution >= 0.6 is 0 Å². The quantitative estimate of drug-likeness (QED) is 0.727. The first-order valence-corrected chi connectivity index (χ1v) is 6.30. The molecule has 0 spiro atoms. The Hall–Kier alpha value is -0.610. The number of amides is 1. The summed E-state index contributed by atoms with van der Waals surface area (Å²) in [4.78, 5) is 12.2. The van der Waals surface area contributed by atoms with Crippen LogP contribution in [0.2, 0.25) is 0 Å². The molecule has 4 nitrogen and oxygen atoms in total. The van der Waals surface area contributed by atoms with Gasteiger partial charge in [0.2, 0.25) is 5.91 Å². The zero-order chi connectivity index (χ0) is 11.4. The Labute approximate surface area is 97.1 Å². The van der Waals surface area contributed by atoms with Crippen LogP contribution in [0.5, 0.6) is 0 Å². The van der Waals surface area contributed by atoms with E-state index in [0.717, 1.165) is 52.0 Å². The van der Waals surface area contributed by atoms with Crippen LogP contribution in [-0.2, 0) is 9.53 Å². The smallest absolute Gasteiger partial charge is 0.226 e. The summed E-state index contributed by atoms with van der Waals surface area (Å²) >= 11 is 0. The van der Waals surface area contributed by atoms with Crippen molar-refractivity contribution in [3.8, 4) is 0 Å². The second-order valence-corrected chi connectivity index (χ2v) is 5.17. The van der Waals surface area contributed by atoms with E-state index in [2.05, 4.69) is 17.6 Å². The van der Waals surface area contributed by atoms with Crippen molar-refractivity contribution in [2.45, 2.75) is 38.6 Å². The van der Waals surface area contributed by atoms with Gasteiger partial charge in [0.05, 0.1) is 0 Å². The fourth-order valence-corrected chi connectivity index (χ4v) is 2.41. The summed E-state index contributed by atoms with van der Waals surface area (Å²) in [6.07, 6.45) is 3.81. The topological polar surface area (TPSA) is 50.4 Å². The van der Waals surface area contributed by atoms with E-state index in [1.165, 1.54) is 0 Å². The molecule has 2 rings (SSSR count). The number of piperidine rings is 1. The molecule has 0 aromatic heterocycles. The first kappa shape index (κ1) is 11.9. The SMILES string of the molecule is CC1(C(=O)NC2CCOCC2)CCNCC1. The zero-order valence-electron chi connectivity index (χ0n) is 10.1. The van der Waals surface area contributed by atoms with Gasteiger partial charge in [-0.1, -0.05) is 6.92 Å². The maximum Gasteiger partial charge on any atom is 0.226 e. The third-order valence-electron chi connectivity index (χ3n) is 3.81. The molecule has 0 unspecified atom stereocenters. The van der Waals surface area contributed by atoms with E-state index in [9.17, 15) is 4.79 Å². The van der Waals surface area contributed by atoms with E-state index in [0.29, 0.717) is 6.04 Å². The molecule has 0 aromatic rings. The first-order valence-electron chi connectivity index (χ1n) is 6.30. The average Bonchev–Trinajstić information content (AvgIpc) is 2.31. The summed E-state index contributed by atoms with van der Waals surface area (Å²) in [6.45, 7) is 5.56. The molecule has 0 aromatic carbocycles. The summed E-state index contributed by atoms with van der Waals surface area (Å²) in [5.41, 5.74) is -0.163. The van der Waals surface area contributed by atoms with E-state index in [-0.39, 0.29) is 11.3 Å². The van der Waals surface area contributed by atoms with Crippen LogP contribution in [0.4, 0.5) is 0 Å². The van der Waals surface area contributed by atoms with E-state index in [4.69, 9.17) is 4.74 Å². The molecule has 0 bridgehead atoms. The summed E-state index contributed by atoms with van der Waals surface area (Å²) in [7, 11) is 0. The molecule has 2 aliphatic rings. The molecular weight excluding hydrogens is 204 g/mol. The highest BCUT2D eigenvalue weighted by Gasteiger charge is 2.35. The monoisotopic (exact) mass is 226 g/mol. The van der Waals surface area contributed by atoms with Crippen LogP contribution in [0.25, 0.3) is 0 Å². The third-order valence-corrected chi connectivity index (χ3v) is 3.81. The van der Waals surface area contributed by atoms with E-state index in [1.807, 2.05) is 0 Å². The Kier molecular flexibility index (Phi) is 3.82. The number of carbonyl (C=O) groups is 1. The lowest BCUT2D eigenvalue weighted by molar-refractivity contribution is -0.132. The van der Waals surface area contributed by atoms with Crippen LogP contribution in [0, 0.1) is 5.41 Å². The maximum atomic E-state index is 12.2. The second-order valence-electron chi connectivity index (χ2n) is 5.17. The average molecular weight is 226 g/mol. The Morgan fingerprint density at radius 2 is 1.94 bits per heavy atom. The van der Waals surface area contributed by atoms with Gasteiger partial charge in [0, 0.05) is 24.7 Å². The fourth-order valence-electron chi connectivity index (χ4n) is 2.41. The van der Waals surface area contributed by atoms with Gasteiger partial charge in [0.15, 0.2) is 0 Å². The fraction of sp³-hybridized carbons (Fsp3) is 0.917. The summed E-state index contributed by atoms with van der Waals surface area (Å²) in [6, 6.07) is 0.327. The van der Waals surface area contributed by atoms with Crippen molar-refractivity contribution in [3.05, 3.63) is 0 Å². The van der Waals surface area contributed by atoms with Gasteiger partial charge >= 0.3 is 0 Å². The molecule has 4 heteroatoms. The summed E-state index contributed by atoms with van der Waals surface area (Å²) in [5.74, 6) is 0.237. The molecule has 0 atom stereocenters. The number of hydrogen-bond donors (Lipinski definition) is 2. The van der Waals surface area contributed by atoms with Gasteiger partial charge in [-0.25, -0.2) is 0 Å². The molecule has 0 saturated carbocycles. The molecule has 0 aliphatic carbocycles. The van der Waals surface area contributed by atoms with Crippen molar-refractivity contribution in [1.82, 2.24) is 10.6 Å². The molecule has 2 saturated heterocycles. The number of rotatable bonds is 2. The first-order chi connectivity index (χ1) is 7.71. The highest BCUT2D eigenvalue weighted by Crippen LogP contribution is 2.28. The van der Waals surface area contributed by atoms with Gasteiger partial charge in [0.1, 0.15) is 0 Å². The standard InChI is InChI=1S/C12H22N2O2/c1-12(4-6-13-7-5-12)11(15)14-10-2-8-16-9-3-10/h10,13H,2-9H2,1H3,(H,14,15). The minimum Gasteiger partial charge on any atom is -0.381 e. The van der Waals surface area contributed by atoms with E-state index < -0.39 is 0 Å². The van der Waals surface area contributed by atoms with Crippen LogP contribution in [-0.4, -0.2) is 38.3 Å². The van der Waals surface area contributed by atoms with Crippen molar-refractivity contribution >= 4 is 5.91 Å². The van der Waals surface area contributed by atoms with E-state index >= 15 is 0 Å². The number of ether oxygens (including phenoxy) is 1. The third kappa shape index (κ3) is 2.74. The Bertz CT molecular complexity index is 243. The van der Waals surface area contributed by atoms with E-state index in [1.54, 1.807) is 0 Å². The van der Waals surface area contributed by atoms with Gasteiger partial charge in [-0.05, 0) is 38.8 Å². The van der Waals surface area contributed by atoms with Crippen LogP contribution in [0.3, 0.4) is 0 Å². The lowest BCUT2D eigenvalue weighted by Gasteiger charge is -2.35. The molecule has 2 aliphatic heterocycles. The maximum absolute atomic E-state index is 12.2. The summed E-state index contributed by atoms with van der Waals surface area (Å²) < 4.78 is 5.29. The van der Waals surface area contributed by atoms with Gasteiger partial charge in [-0.15, -0.1) is 0 Å². The lowest BCUT2D eigenvalue weighted by atomic mass is 9.80. The normalized spacial score (nSPS) is 26.3. The Balaban J connectivity index is 1.85. The largest absolute Gasteiger partial charge is 0.381 e. The summed E-state index contributed by atoms with van der Waals surface area (Å²) in [5, 5.41) is 6.48. The zero-order valence-corrected chi connectivity index (χ0v) is 10.1. The van der Waals surface area contributed by atoms with Crippen molar-refractivity contribution in [1.29, 1.82) is 0 Å². The van der Waals surface area contributed by atoms with Gasteiger partial charge in [0.25, 0.3) is 0 Å². The van der Waals surface area contributed by atoms with Crippen molar-refractivity contribution < 1.29 is 9.53 Å².